The smallest absolute Gasteiger partial charge is 0.253 e. The Morgan fingerprint density at radius 2 is 1.62 bits per heavy atom. The molecule has 1 amide bonds. The Kier molecular flexibility index (Phi) is 4.56. The second-order valence-electron chi connectivity index (χ2n) is 7.51. The SMILES string of the molecule is O=C(c1ccc(-c2ccccc2)cc1)N1CCC(c2nc3ncccc3[nH]2)CC1. The topological polar surface area (TPSA) is 61.9 Å². The number of pyridine rings is 1. The van der Waals surface area contributed by atoms with Crippen molar-refractivity contribution in [2.45, 2.75) is 18.8 Å². The molecule has 0 bridgehead atoms. The molecule has 0 aliphatic carbocycles. The molecule has 0 atom stereocenters. The first kappa shape index (κ1) is 17.6. The van der Waals surface area contributed by atoms with Crippen LogP contribution in [-0.4, -0.2) is 38.8 Å². The van der Waals surface area contributed by atoms with E-state index in [1.54, 1.807) is 6.20 Å². The maximum absolute atomic E-state index is 12.9. The van der Waals surface area contributed by atoms with Crippen molar-refractivity contribution >= 4 is 17.1 Å². The van der Waals surface area contributed by atoms with Crippen LogP contribution in [0.5, 0.6) is 0 Å². The van der Waals surface area contributed by atoms with Gasteiger partial charge in [0.25, 0.3) is 5.91 Å². The first-order valence-electron chi connectivity index (χ1n) is 10.0. The Balaban J connectivity index is 1.25. The number of benzene rings is 2. The zero-order chi connectivity index (χ0) is 19.6. The van der Waals surface area contributed by atoms with E-state index in [-0.39, 0.29) is 5.91 Å². The van der Waals surface area contributed by atoms with Gasteiger partial charge in [0.05, 0.1) is 5.52 Å². The normalized spacial score (nSPS) is 15.0. The number of rotatable bonds is 3. The van der Waals surface area contributed by atoms with E-state index < -0.39 is 0 Å². The molecule has 5 rings (SSSR count). The molecule has 0 spiro atoms. The van der Waals surface area contributed by atoms with Crippen LogP contribution in [0.4, 0.5) is 0 Å². The molecule has 4 aromatic rings. The van der Waals surface area contributed by atoms with Crippen LogP contribution in [0.25, 0.3) is 22.3 Å². The summed E-state index contributed by atoms with van der Waals surface area (Å²) in [5.41, 5.74) is 4.77. The molecule has 1 aliphatic rings. The summed E-state index contributed by atoms with van der Waals surface area (Å²) in [6.07, 6.45) is 3.58. The van der Waals surface area contributed by atoms with Crippen LogP contribution in [0.3, 0.4) is 0 Å². The molecule has 29 heavy (non-hydrogen) atoms. The van der Waals surface area contributed by atoms with Crippen molar-refractivity contribution in [3.05, 3.63) is 84.3 Å². The molecule has 0 unspecified atom stereocenters. The number of nitrogens with zero attached hydrogens (tertiary/aromatic N) is 3. The van der Waals surface area contributed by atoms with Crippen LogP contribution in [0.15, 0.2) is 72.9 Å². The number of piperidine rings is 1. The van der Waals surface area contributed by atoms with Crippen LogP contribution in [0, 0.1) is 0 Å². The minimum Gasteiger partial charge on any atom is -0.340 e. The van der Waals surface area contributed by atoms with Crippen LogP contribution >= 0.6 is 0 Å². The lowest BCUT2D eigenvalue weighted by molar-refractivity contribution is 0.0711. The molecular formula is C24H22N4O. The average Bonchev–Trinajstić information content (AvgIpc) is 3.24. The number of hydrogen-bond acceptors (Lipinski definition) is 3. The Bertz CT molecular complexity index is 1090. The first-order valence-corrected chi connectivity index (χ1v) is 10.0. The molecule has 144 valence electrons. The summed E-state index contributed by atoms with van der Waals surface area (Å²) < 4.78 is 0. The third-order valence-corrected chi connectivity index (χ3v) is 5.68. The Morgan fingerprint density at radius 1 is 0.897 bits per heavy atom. The van der Waals surface area contributed by atoms with Gasteiger partial charge in [-0.3, -0.25) is 4.79 Å². The third kappa shape index (κ3) is 3.51. The highest BCUT2D eigenvalue weighted by Gasteiger charge is 2.26. The van der Waals surface area contributed by atoms with Crippen molar-refractivity contribution in [1.82, 2.24) is 19.9 Å². The summed E-state index contributed by atoms with van der Waals surface area (Å²) in [5, 5.41) is 0. The van der Waals surface area contributed by atoms with E-state index in [9.17, 15) is 4.79 Å². The molecule has 0 radical (unpaired) electrons. The van der Waals surface area contributed by atoms with E-state index in [0.29, 0.717) is 5.92 Å². The molecule has 1 saturated heterocycles. The van der Waals surface area contributed by atoms with Crippen LogP contribution in [0.1, 0.15) is 34.9 Å². The fourth-order valence-corrected chi connectivity index (χ4v) is 4.03. The number of H-pyrrole nitrogens is 1. The average molecular weight is 382 g/mol. The summed E-state index contributed by atoms with van der Waals surface area (Å²) in [6, 6.07) is 22.0. The van der Waals surface area contributed by atoms with E-state index in [1.165, 1.54) is 0 Å². The number of hydrogen-bond donors (Lipinski definition) is 1. The summed E-state index contributed by atoms with van der Waals surface area (Å²) in [4.78, 5) is 27.2. The highest BCUT2D eigenvalue weighted by atomic mass is 16.2. The number of fused-ring (bicyclic) bond motifs is 1. The van der Waals surface area contributed by atoms with Gasteiger partial charge in [-0.25, -0.2) is 9.97 Å². The van der Waals surface area contributed by atoms with E-state index in [4.69, 9.17) is 0 Å². The number of carbonyl (C=O) groups is 1. The molecule has 1 N–H and O–H groups in total. The van der Waals surface area contributed by atoms with Gasteiger partial charge in [0, 0.05) is 30.8 Å². The van der Waals surface area contributed by atoms with Crippen molar-refractivity contribution in [1.29, 1.82) is 0 Å². The van der Waals surface area contributed by atoms with Crippen LogP contribution in [0.2, 0.25) is 0 Å². The second kappa shape index (κ2) is 7.51. The Labute approximate surface area is 169 Å². The van der Waals surface area contributed by atoms with Gasteiger partial charge in [0.1, 0.15) is 5.82 Å². The fourth-order valence-electron chi connectivity index (χ4n) is 4.03. The number of aromatic nitrogens is 3. The number of aromatic amines is 1. The van der Waals surface area contributed by atoms with Crippen molar-refractivity contribution in [2.24, 2.45) is 0 Å². The Morgan fingerprint density at radius 3 is 2.34 bits per heavy atom. The predicted molar refractivity (Wildman–Crippen MR) is 114 cm³/mol. The Hall–Kier alpha value is -3.47. The molecule has 1 fully saturated rings. The molecule has 5 nitrogen and oxygen atoms in total. The predicted octanol–water partition coefficient (Wildman–Crippen LogP) is 4.64. The lowest BCUT2D eigenvalue weighted by Gasteiger charge is -2.31. The van der Waals surface area contributed by atoms with Crippen molar-refractivity contribution < 1.29 is 4.79 Å². The van der Waals surface area contributed by atoms with Crippen molar-refractivity contribution in [3.63, 3.8) is 0 Å². The van der Waals surface area contributed by atoms with Crippen molar-refractivity contribution in [2.75, 3.05) is 13.1 Å². The van der Waals surface area contributed by atoms with Gasteiger partial charge < -0.3 is 9.88 Å². The fraction of sp³-hybridized carbons (Fsp3) is 0.208. The largest absolute Gasteiger partial charge is 0.340 e. The van der Waals surface area contributed by atoms with Gasteiger partial charge in [-0.15, -0.1) is 0 Å². The molecular weight excluding hydrogens is 360 g/mol. The van der Waals surface area contributed by atoms with Gasteiger partial charge in [0.2, 0.25) is 0 Å². The molecule has 5 heteroatoms. The second-order valence-corrected chi connectivity index (χ2v) is 7.51. The summed E-state index contributed by atoms with van der Waals surface area (Å²) in [7, 11) is 0. The van der Waals surface area contributed by atoms with Gasteiger partial charge in [-0.05, 0) is 48.2 Å². The highest BCUT2D eigenvalue weighted by molar-refractivity contribution is 5.94. The quantitative estimate of drug-likeness (QED) is 0.561. The number of carbonyl (C=O) groups excluding carboxylic acids is 1. The monoisotopic (exact) mass is 382 g/mol. The van der Waals surface area contributed by atoms with Crippen molar-refractivity contribution in [3.8, 4) is 11.1 Å². The number of nitrogens with one attached hydrogen (secondary N) is 1. The van der Waals surface area contributed by atoms with Gasteiger partial charge in [-0.2, -0.15) is 0 Å². The van der Waals surface area contributed by atoms with E-state index in [0.717, 1.165) is 59.6 Å². The standard InChI is InChI=1S/C24H22N4O/c29-24(20-10-8-18(9-11-20)17-5-2-1-3-6-17)28-15-12-19(13-16-28)22-26-21-7-4-14-25-23(21)27-22/h1-11,14,19H,12-13,15-16H2,(H,25,26,27). The summed E-state index contributed by atoms with van der Waals surface area (Å²) >= 11 is 0. The third-order valence-electron chi connectivity index (χ3n) is 5.68. The minimum atomic E-state index is 0.106. The van der Waals surface area contributed by atoms with E-state index in [2.05, 4.69) is 27.1 Å². The minimum absolute atomic E-state index is 0.106. The lowest BCUT2D eigenvalue weighted by atomic mass is 9.95. The van der Waals surface area contributed by atoms with Gasteiger partial charge >= 0.3 is 0 Å². The maximum Gasteiger partial charge on any atom is 0.253 e. The lowest BCUT2D eigenvalue weighted by Crippen LogP contribution is -2.38. The van der Waals surface area contributed by atoms with Gasteiger partial charge in [0.15, 0.2) is 5.65 Å². The molecule has 2 aromatic heterocycles. The molecule has 2 aromatic carbocycles. The highest BCUT2D eigenvalue weighted by Crippen LogP contribution is 2.28. The van der Waals surface area contributed by atoms with Crippen LogP contribution < -0.4 is 0 Å². The van der Waals surface area contributed by atoms with E-state index >= 15 is 0 Å². The maximum atomic E-state index is 12.9. The molecule has 3 heterocycles. The van der Waals surface area contributed by atoms with Gasteiger partial charge in [-0.1, -0.05) is 42.5 Å². The first-order chi connectivity index (χ1) is 14.3. The summed E-state index contributed by atoms with van der Waals surface area (Å²) in [5.74, 6) is 1.43. The van der Waals surface area contributed by atoms with E-state index in [1.807, 2.05) is 59.5 Å². The number of imidazole rings is 1. The number of likely N-dealkylation sites (tertiary alicyclic amines) is 1. The zero-order valence-corrected chi connectivity index (χ0v) is 16.1. The molecule has 0 saturated carbocycles. The van der Waals surface area contributed by atoms with Crippen LogP contribution in [-0.2, 0) is 0 Å². The summed E-state index contributed by atoms with van der Waals surface area (Å²) in [6.45, 7) is 1.49. The number of amides is 1. The zero-order valence-electron chi connectivity index (χ0n) is 16.1. The molecule has 1 aliphatic heterocycles.